The van der Waals surface area contributed by atoms with Gasteiger partial charge in [-0.1, -0.05) is 6.07 Å². The molecule has 0 saturated carbocycles. The molecule has 9 heteroatoms. The Morgan fingerprint density at radius 3 is 2.57 bits per heavy atom. The molecule has 0 amide bonds. The lowest BCUT2D eigenvalue weighted by molar-refractivity contribution is -0.0498. The quantitative estimate of drug-likeness (QED) is 0.814. The summed E-state index contributed by atoms with van der Waals surface area (Å²) in [5.41, 5.74) is 1.79. The normalized spacial score (nSPS) is 15.6. The van der Waals surface area contributed by atoms with Crippen molar-refractivity contribution in [2.45, 2.75) is 19.5 Å². The van der Waals surface area contributed by atoms with Gasteiger partial charge in [0.25, 0.3) is 10.0 Å². The molecule has 2 aromatic carbocycles. The van der Waals surface area contributed by atoms with Crippen LogP contribution < -0.4 is 18.9 Å². The van der Waals surface area contributed by atoms with Crippen molar-refractivity contribution in [3.8, 4) is 17.2 Å². The van der Waals surface area contributed by atoms with Gasteiger partial charge >= 0.3 is 6.61 Å². The second kappa shape index (κ2) is 7.31. The monoisotopic (exact) mass is 409 g/mol. The molecule has 0 atom stereocenters. The summed E-state index contributed by atoms with van der Waals surface area (Å²) >= 11 is 0. The van der Waals surface area contributed by atoms with Crippen LogP contribution in [0.25, 0.3) is 6.08 Å². The highest BCUT2D eigenvalue weighted by atomic mass is 32.2. The second-order valence-electron chi connectivity index (χ2n) is 6.31. The van der Waals surface area contributed by atoms with Gasteiger partial charge in [-0.2, -0.15) is 8.78 Å². The van der Waals surface area contributed by atoms with Gasteiger partial charge in [-0.25, -0.2) is 8.42 Å². The molecule has 0 spiro atoms. The number of nitrogens with one attached hydrogen (secondary N) is 1. The van der Waals surface area contributed by atoms with Crippen molar-refractivity contribution in [1.82, 2.24) is 0 Å². The maximum Gasteiger partial charge on any atom is 0.387 e. The number of anilines is 1. The van der Waals surface area contributed by atoms with Crippen LogP contribution in [0.1, 0.15) is 17.5 Å². The van der Waals surface area contributed by atoms with Crippen LogP contribution in [0.3, 0.4) is 0 Å². The molecular formula is C19H17F2NO5S. The highest BCUT2D eigenvalue weighted by Crippen LogP contribution is 2.35. The fourth-order valence-electron chi connectivity index (χ4n) is 3.16. The molecule has 28 heavy (non-hydrogen) atoms. The third kappa shape index (κ3) is 3.89. The fraction of sp³-hybridized carbons (Fsp3) is 0.263. The maximum atomic E-state index is 12.8. The summed E-state index contributed by atoms with van der Waals surface area (Å²) in [5.74, 6) is 1.12. The van der Waals surface area contributed by atoms with Gasteiger partial charge in [-0.15, -0.1) is 0 Å². The van der Waals surface area contributed by atoms with E-state index >= 15 is 0 Å². The van der Waals surface area contributed by atoms with Crippen LogP contribution in [0, 0.1) is 0 Å². The standard InChI is InChI=1S/C19H17F2NO5S/c20-19(21)27-15-4-1-13-10-16(5-2-12(13)9-15)28(23,24)22-14-3-6-17-18(11-14)26-8-7-25-17/h1,3-4,6,9-11,19,22H,2,5,7-8H2. The predicted octanol–water partition coefficient (Wildman–Crippen LogP) is 3.79. The van der Waals surface area contributed by atoms with E-state index in [4.69, 9.17) is 9.47 Å². The number of rotatable bonds is 5. The van der Waals surface area contributed by atoms with E-state index < -0.39 is 16.6 Å². The van der Waals surface area contributed by atoms with Crippen LogP contribution in [-0.2, 0) is 16.4 Å². The average molecular weight is 409 g/mol. The van der Waals surface area contributed by atoms with E-state index in [1.807, 2.05) is 0 Å². The van der Waals surface area contributed by atoms with E-state index in [1.54, 1.807) is 30.3 Å². The number of halogens is 2. The third-order valence-corrected chi connectivity index (χ3v) is 5.95. The molecule has 1 heterocycles. The van der Waals surface area contributed by atoms with E-state index in [9.17, 15) is 17.2 Å². The van der Waals surface area contributed by atoms with Gasteiger partial charge < -0.3 is 14.2 Å². The Bertz CT molecular complexity index is 1040. The van der Waals surface area contributed by atoms with Crippen LogP contribution in [0.4, 0.5) is 14.5 Å². The number of sulfonamides is 1. The lowest BCUT2D eigenvalue weighted by Gasteiger charge is -2.20. The Balaban J connectivity index is 1.56. The van der Waals surface area contributed by atoms with E-state index in [2.05, 4.69) is 9.46 Å². The number of hydrogen-bond donors (Lipinski definition) is 1. The Morgan fingerprint density at radius 2 is 1.79 bits per heavy atom. The van der Waals surface area contributed by atoms with E-state index in [0.717, 1.165) is 5.56 Å². The van der Waals surface area contributed by atoms with Crippen molar-refractivity contribution in [2.24, 2.45) is 0 Å². The average Bonchev–Trinajstić information content (AvgIpc) is 2.66. The van der Waals surface area contributed by atoms with E-state index in [-0.39, 0.29) is 17.1 Å². The molecule has 2 aromatic rings. The van der Waals surface area contributed by atoms with Crippen LogP contribution in [0.15, 0.2) is 41.3 Å². The molecule has 0 unspecified atom stereocenters. The lowest BCUT2D eigenvalue weighted by atomic mass is 9.97. The smallest absolute Gasteiger partial charge is 0.387 e. The van der Waals surface area contributed by atoms with Crippen molar-refractivity contribution in [3.63, 3.8) is 0 Å². The van der Waals surface area contributed by atoms with Crippen molar-refractivity contribution >= 4 is 21.8 Å². The minimum Gasteiger partial charge on any atom is -0.486 e. The Morgan fingerprint density at radius 1 is 1.00 bits per heavy atom. The minimum absolute atomic E-state index is 0.0582. The fourth-order valence-corrected chi connectivity index (χ4v) is 4.38. The van der Waals surface area contributed by atoms with Crippen LogP contribution in [-0.4, -0.2) is 28.2 Å². The number of aryl methyl sites for hydroxylation is 1. The molecule has 0 radical (unpaired) electrons. The minimum atomic E-state index is -3.77. The highest BCUT2D eigenvalue weighted by Gasteiger charge is 2.23. The molecule has 1 aliphatic carbocycles. The largest absolute Gasteiger partial charge is 0.486 e. The van der Waals surface area contributed by atoms with E-state index in [0.29, 0.717) is 42.4 Å². The Hall–Kier alpha value is -2.81. The number of hydrogen-bond acceptors (Lipinski definition) is 5. The third-order valence-electron chi connectivity index (χ3n) is 4.44. The van der Waals surface area contributed by atoms with Gasteiger partial charge in [0, 0.05) is 6.07 Å². The molecule has 2 aliphatic rings. The molecule has 0 fully saturated rings. The second-order valence-corrected chi connectivity index (χ2v) is 8.05. The number of ether oxygens (including phenoxy) is 3. The first-order valence-electron chi connectivity index (χ1n) is 8.61. The summed E-state index contributed by atoms with van der Waals surface area (Å²) in [5, 5.41) is 0. The molecule has 148 valence electrons. The number of allylic oxidation sites excluding steroid dienone is 1. The molecule has 6 nitrogen and oxygen atoms in total. The van der Waals surface area contributed by atoms with Gasteiger partial charge in [0.05, 0.1) is 10.6 Å². The molecule has 0 bridgehead atoms. The summed E-state index contributed by atoms with van der Waals surface area (Å²) in [4.78, 5) is 0.220. The number of fused-ring (bicyclic) bond motifs is 2. The molecule has 0 saturated heterocycles. The van der Waals surface area contributed by atoms with Gasteiger partial charge in [-0.05, 0) is 54.3 Å². The summed E-state index contributed by atoms with van der Waals surface area (Å²) in [6.07, 6.45) is 2.21. The summed E-state index contributed by atoms with van der Waals surface area (Å²) in [6.45, 7) is -2.04. The zero-order chi connectivity index (χ0) is 19.7. The molecule has 4 rings (SSSR count). The van der Waals surface area contributed by atoms with Crippen molar-refractivity contribution in [1.29, 1.82) is 0 Å². The first-order valence-corrected chi connectivity index (χ1v) is 10.1. The molecule has 1 N–H and O–H groups in total. The predicted molar refractivity (Wildman–Crippen MR) is 99.3 cm³/mol. The highest BCUT2D eigenvalue weighted by molar-refractivity contribution is 7.96. The molecule has 1 aliphatic heterocycles. The van der Waals surface area contributed by atoms with Gasteiger partial charge in [0.15, 0.2) is 11.5 Å². The molecule has 0 aromatic heterocycles. The van der Waals surface area contributed by atoms with E-state index in [1.165, 1.54) is 12.1 Å². The Kier molecular flexibility index (Phi) is 4.84. The van der Waals surface area contributed by atoms with Crippen LogP contribution >= 0.6 is 0 Å². The SMILES string of the molecule is O=S(=O)(Nc1ccc2c(c1)OCCO2)C1=Cc2ccc(OC(F)F)cc2CC1. The first-order chi connectivity index (χ1) is 13.4. The topological polar surface area (TPSA) is 73.9 Å². The summed E-state index contributed by atoms with van der Waals surface area (Å²) in [6, 6.07) is 9.32. The molecular weight excluding hydrogens is 392 g/mol. The number of alkyl halides is 2. The van der Waals surface area contributed by atoms with Gasteiger partial charge in [-0.3, -0.25) is 4.72 Å². The lowest BCUT2D eigenvalue weighted by Crippen LogP contribution is -2.18. The van der Waals surface area contributed by atoms with Crippen molar-refractivity contribution < 1.29 is 31.4 Å². The van der Waals surface area contributed by atoms with Crippen LogP contribution in [0.5, 0.6) is 17.2 Å². The zero-order valence-corrected chi connectivity index (χ0v) is 15.5. The zero-order valence-electron chi connectivity index (χ0n) is 14.7. The first kappa shape index (κ1) is 18.5. The van der Waals surface area contributed by atoms with Crippen molar-refractivity contribution in [3.05, 3.63) is 52.4 Å². The van der Waals surface area contributed by atoms with Crippen LogP contribution in [0.2, 0.25) is 0 Å². The number of benzene rings is 2. The van der Waals surface area contributed by atoms with Crippen molar-refractivity contribution in [2.75, 3.05) is 17.9 Å². The maximum absolute atomic E-state index is 12.8. The summed E-state index contributed by atoms with van der Waals surface area (Å²) in [7, 11) is -3.77. The Labute approximate surface area is 160 Å². The van der Waals surface area contributed by atoms with Gasteiger partial charge in [0.2, 0.25) is 0 Å². The van der Waals surface area contributed by atoms with Gasteiger partial charge in [0.1, 0.15) is 19.0 Å². The summed E-state index contributed by atoms with van der Waals surface area (Å²) < 4.78 is 68.1.